The minimum absolute atomic E-state index is 0.0553. The van der Waals surface area contributed by atoms with Crippen LogP contribution in [0.2, 0.25) is 5.02 Å². The molecule has 7 nitrogen and oxygen atoms in total. The van der Waals surface area contributed by atoms with E-state index < -0.39 is 23.8 Å². The predicted octanol–water partition coefficient (Wildman–Crippen LogP) is 3.38. The van der Waals surface area contributed by atoms with Gasteiger partial charge in [0.2, 0.25) is 0 Å². The zero-order chi connectivity index (χ0) is 21.8. The van der Waals surface area contributed by atoms with Gasteiger partial charge in [0.15, 0.2) is 0 Å². The smallest absolute Gasteiger partial charge is 0.321 e. The maximum Gasteiger partial charge on any atom is 0.321 e. The first kappa shape index (κ1) is 21.6. The molecule has 3 amide bonds. The number of rotatable bonds is 6. The summed E-state index contributed by atoms with van der Waals surface area (Å²) in [7, 11) is 1.51. The van der Waals surface area contributed by atoms with E-state index in [4.69, 9.17) is 21.4 Å². The van der Waals surface area contributed by atoms with E-state index in [2.05, 4.69) is 10.6 Å². The van der Waals surface area contributed by atoms with E-state index in [0.29, 0.717) is 27.6 Å². The lowest BCUT2D eigenvalue weighted by Gasteiger charge is -2.30. The molecule has 0 aliphatic carbocycles. The Bertz CT molecular complexity index is 1010. The second-order valence-electron chi connectivity index (χ2n) is 6.76. The molecule has 0 spiro atoms. The van der Waals surface area contributed by atoms with Crippen molar-refractivity contribution in [2.24, 2.45) is 0 Å². The monoisotopic (exact) mass is 433 g/mol. The summed E-state index contributed by atoms with van der Waals surface area (Å²) in [6.45, 7) is 1.64. The van der Waals surface area contributed by atoms with Crippen LogP contribution < -0.4 is 15.4 Å². The number of nitrogens with one attached hydrogen (secondary N) is 2. The van der Waals surface area contributed by atoms with Gasteiger partial charge in [0.25, 0.3) is 5.91 Å². The molecule has 1 aliphatic rings. The van der Waals surface area contributed by atoms with Gasteiger partial charge >= 0.3 is 6.03 Å². The van der Waals surface area contributed by atoms with Gasteiger partial charge in [0.1, 0.15) is 18.2 Å². The number of aryl methyl sites for hydroxylation is 1. The Morgan fingerprint density at radius 2 is 2.13 bits per heavy atom. The molecule has 30 heavy (non-hydrogen) atoms. The van der Waals surface area contributed by atoms with Crippen molar-refractivity contribution < 1.29 is 23.8 Å². The minimum Gasteiger partial charge on any atom is -0.490 e. The molecule has 0 saturated carbocycles. The molecule has 158 valence electrons. The van der Waals surface area contributed by atoms with Crippen molar-refractivity contribution in [2.75, 3.05) is 25.6 Å². The lowest BCUT2D eigenvalue weighted by atomic mass is 9.97. The number of urea groups is 1. The maximum absolute atomic E-state index is 13.7. The number of aliphatic hydroxyl groups is 1. The third-order valence-electron chi connectivity index (χ3n) is 4.55. The SMILES string of the molecule is Cc1cc(Cl)c(OCCO)cc1NC(=O)C1=CN(C)C(=O)NC1c1cccc(F)c1. The number of anilines is 1. The zero-order valence-electron chi connectivity index (χ0n) is 16.4. The van der Waals surface area contributed by atoms with Crippen molar-refractivity contribution in [2.45, 2.75) is 13.0 Å². The van der Waals surface area contributed by atoms with Crippen LogP contribution in [0.1, 0.15) is 17.2 Å². The maximum atomic E-state index is 13.7. The summed E-state index contributed by atoms with van der Waals surface area (Å²) in [5, 5.41) is 14.8. The van der Waals surface area contributed by atoms with Gasteiger partial charge in [-0.2, -0.15) is 0 Å². The van der Waals surface area contributed by atoms with E-state index in [0.717, 1.165) is 0 Å². The summed E-state index contributed by atoms with van der Waals surface area (Å²) in [5.74, 6) is -0.634. The molecule has 0 saturated heterocycles. The highest BCUT2D eigenvalue weighted by Gasteiger charge is 2.31. The molecule has 0 aromatic heterocycles. The Morgan fingerprint density at radius 3 is 2.83 bits per heavy atom. The predicted molar refractivity (Wildman–Crippen MR) is 111 cm³/mol. The number of ether oxygens (including phenoxy) is 1. The topological polar surface area (TPSA) is 90.9 Å². The molecule has 0 bridgehead atoms. The minimum atomic E-state index is -0.817. The van der Waals surface area contributed by atoms with Crippen LogP contribution in [-0.2, 0) is 4.79 Å². The number of carbonyl (C=O) groups is 2. The number of hydrogen-bond acceptors (Lipinski definition) is 4. The van der Waals surface area contributed by atoms with Crippen molar-refractivity contribution in [1.82, 2.24) is 10.2 Å². The molecule has 1 atom stereocenters. The van der Waals surface area contributed by atoms with Crippen LogP contribution in [0.5, 0.6) is 5.75 Å². The van der Waals surface area contributed by atoms with Gasteiger partial charge in [-0.15, -0.1) is 0 Å². The van der Waals surface area contributed by atoms with E-state index in [9.17, 15) is 14.0 Å². The summed E-state index contributed by atoms with van der Waals surface area (Å²) in [6.07, 6.45) is 1.41. The van der Waals surface area contributed by atoms with Gasteiger partial charge in [-0.3, -0.25) is 4.79 Å². The Kier molecular flexibility index (Phi) is 6.59. The number of nitrogens with zero attached hydrogens (tertiary/aromatic N) is 1. The van der Waals surface area contributed by atoms with E-state index in [1.165, 1.54) is 36.3 Å². The summed E-state index contributed by atoms with van der Waals surface area (Å²) >= 11 is 6.16. The fourth-order valence-corrected chi connectivity index (χ4v) is 3.30. The molecule has 3 rings (SSSR count). The van der Waals surface area contributed by atoms with Crippen LogP contribution >= 0.6 is 11.6 Å². The fraction of sp³-hybridized carbons (Fsp3) is 0.238. The van der Waals surface area contributed by atoms with Crippen LogP contribution in [0.15, 0.2) is 48.2 Å². The number of amides is 3. The van der Waals surface area contributed by atoms with Crippen LogP contribution in [0, 0.1) is 12.7 Å². The second kappa shape index (κ2) is 9.15. The molecule has 2 aromatic rings. The third kappa shape index (κ3) is 4.72. The van der Waals surface area contributed by atoms with Gasteiger partial charge in [-0.1, -0.05) is 23.7 Å². The van der Waals surface area contributed by atoms with Crippen molar-refractivity contribution in [3.8, 4) is 5.75 Å². The highest BCUT2D eigenvalue weighted by atomic mass is 35.5. The molecular formula is C21H21ClFN3O4. The first-order chi connectivity index (χ1) is 14.3. The van der Waals surface area contributed by atoms with Crippen molar-refractivity contribution in [3.05, 3.63) is 70.1 Å². The van der Waals surface area contributed by atoms with Gasteiger partial charge in [-0.05, 0) is 36.2 Å². The molecule has 1 heterocycles. The number of halogens is 2. The Labute approximate surface area is 178 Å². The van der Waals surface area contributed by atoms with E-state index in [1.807, 2.05) is 0 Å². The van der Waals surface area contributed by atoms with Crippen LogP contribution in [-0.4, -0.2) is 42.2 Å². The average Bonchev–Trinajstić information content (AvgIpc) is 2.70. The van der Waals surface area contributed by atoms with Gasteiger partial charge in [0, 0.05) is 25.0 Å². The summed E-state index contributed by atoms with van der Waals surface area (Å²) in [4.78, 5) is 26.5. The lowest BCUT2D eigenvalue weighted by Crippen LogP contribution is -2.44. The molecule has 2 aromatic carbocycles. The molecule has 1 aliphatic heterocycles. The van der Waals surface area contributed by atoms with Gasteiger partial charge in [0.05, 0.1) is 23.2 Å². The summed E-state index contributed by atoms with van der Waals surface area (Å²) in [6, 6.07) is 7.67. The van der Waals surface area contributed by atoms with Crippen molar-refractivity contribution >= 4 is 29.2 Å². The van der Waals surface area contributed by atoms with Crippen molar-refractivity contribution in [1.29, 1.82) is 0 Å². The number of benzene rings is 2. The van der Waals surface area contributed by atoms with Crippen molar-refractivity contribution in [3.63, 3.8) is 0 Å². The third-order valence-corrected chi connectivity index (χ3v) is 4.85. The number of aliphatic hydroxyl groups excluding tert-OH is 1. The fourth-order valence-electron chi connectivity index (χ4n) is 3.03. The standard InChI is InChI=1S/C21H21ClFN3O4/c1-12-8-16(22)18(30-7-6-27)10-17(12)24-20(28)15-11-26(2)21(29)25-19(15)13-4-3-5-14(23)9-13/h3-5,8-11,19,27H,6-7H2,1-2H3,(H,24,28)(H,25,29). The molecule has 3 N–H and O–H groups in total. The number of carbonyl (C=O) groups excluding carboxylic acids is 2. The van der Waals surface area contributed by atoms with Crippen LogP contribution in [0.4, 0.5) is 14.9 Å². The Hall–Kier alpha value is -3.10. The van der Waals surface area contributed by atoms with E-state index >= 15 is 0 Å². The Balaban J connectivity index is 1.92. The lowest BCUT2D eigenvalue weighted by molar-refractivity contribution is -0.113. The van der Waals surface area contributed by atoms with Gasteiger partial charge < -0.3 is 25.4 Å². The second-order valence-corrected chi connectivity index (χ2v) is 7.16. The summed E-state index contributed by atoms with van der Waals surface area (Å²) < 4.78 is 19.1. The first-order valence-electron chi connectivity index (χ1n) is 9.16. The highest BCUT2D eigenvalue weighted by Crippen LogP contribution is 2.33. The molecule has 1 unspecified atom stereocenters. The quantitative estimate of drug-likeness (QED) is 0.651. The van der Waals surface area contributed by atoms with E-state index in [1.54, 1.807) is 25.1 Å². The van der Waals surface area contributed by atoms with Crippen LogP contribution in [0.25, 0.3) is 0 Å². The molecular weight excluding hydrogens is 413 g/mol. The molecule has 9 heteroatoms. The largest absolute Gasteiger partial charge is 0.490 e. The first-order valence-corrected chi connectivity index (χ1v) is 9.53. The Morgan fingerprint density at radius 1 is 1.37 bits per heavy atom. The summed E-state index contributed by atoms with van der Waals surface area (Å²) in [5.41, 5.74) is 1.82. The molecule has 0 radical (unpaired) electrons. The van der Waals surface area contributed by atoms with Gasteiger partial charge in [-0.25, -0.2) is 9.18 Å². The molecule has 0 fully saturated rings. The normalized spacial score (nSPS) is 16.0. The van der Waals surface area contributed by atoms with Crippen LogP contribution in [0.3, 0.4) is 0 Å². The average molecular weight is 434 g/mol. The van der Waals surface area contributed by atoms with E-state index in [-0.39, 0.29) is 18.8 Å². The zero-order valence-corrected chi connectivity index (χ0v) is 17.2. The highest BCUT2D eigenvalue weighted by molar-refractivity contribution is 6.32. The number of hydrogen-bond donors (Lipinski definition) is 3.